The number of benzene rings is 1. The lowest BCUT2D eigenvalue weighted by molar-refractivity contribution is 0.0594. The molecule has 114 valence electrons. The van der Waals surface area contributed by atoms with E-state index in [1.807, 2.05) is 20.8 Å². The van der Waals surface area contributed by atoms with Gasteiger partial charge in [0, 0.05) is 11.1 Å². The maximum absolute atomic E-state index is 11.7. The number of nitrogen functional groups attached to an aromatic ring is 1. The molecule has 1 aliphatic carbocycles. The highest BCUT2D eigenvalue weighted by molar-refractivity contribution is 5.93. The van der Waals surface area contributed by atoms with E-state index in [2.05, 4.69) is 5.43 Å². The van der Waals surface area contributed by atoms with E-state index in [4.69, 9.17) is 5.84 Å². The Balaban J connectivity index is 2.36. The number of rotatable bonds is 3. The second kappa shape index (κ2) is 5.04. The number of hydrogen-bond donors (Lipinski definition) is 3. The van der Waals surface area contributed by atoms with E-state index < -0.39 is 17.2 Å². The molecule has 1 fully saturated rings. The summed E-state index contributed by atoms with van der Waals surface area (Å²) in [6.45, 7) is 5.66. The van der Waals surface area contributed by atoms with E-state index in [1.54, 1.807) is 24.3 Å². The summed E-state index contributed by atoms with van der Waals surface area (Å²) in [4.78, 5) is 24.6. The number of carbonyl (C=O) groups is 2. The highest BCUT2D eigenvalue weighted by Gasteiger charge is 2.55. The van der Waals surface area contributed by atoms with Gasteiger partial charge >= 0.3 is 6.09 Å². The van der Waals surface area contributed by atoms with Gasteiger partial charge in [0.05, 0.1) is 5.54 Å². The Hall–Kier alpha value is -2.08. The Morgan fingerprint density at radius 1 is 1.24 bits per heavy atom. The molecule has 1 saturated carbocycles. The van der Waals surface area contributed by atoms with Crippen molar-refractivity contribution in [2.24, 2.45) is 5.84 Å². The summed E-state index contributed by atoms with van der Waals surface area (Å²) in [7, 11) is 0. The molecule has 6 nitrogen and oxygen atoms in total. The SMILES string of the molecule is CC(C)(C)N(C(=O)O)C1(c2ccc(C(=O)NN)cc2)CC1. The first-order valence-corrected chi connectivity index (χ1v) is 6.87. The molecule has 2 amide bonds. The monoisotopic (exact) mass is 291 g/mol. The van der Waals surface area contributed by atoms with E-state index in [0.717, 1.165) is 18.4 Å². The van der Waals surface area contributed by atoms with Crippen LogP contribution in [-0.4, -0.2) is 27.5 Å². The summed E-state index contributed by atoms with van der Waals surface area (Å²) < 4.78 is 0. The van der Waals surface area contributed by atoms with Crippen molar-refractivity contribution in [3.8, 4) is 0 Å². The number of amides is 2. The minimum Gasteiger partial charge on any atom is -0.465 e. The van der Waals surface area contributed by atoms with Gasteiger partial charge in [-0.3, -0.25) is 15.1 Å². The number of nitrogens with two attached hydrogens (primary N) is 1. The van der Waals surface area contributed by atoms with E-state index in [-0.39, 0.29) is 5.91 Å². The van der Waals surface area contributed by atoms with Gasteiger partial charge in [0.25, 0.3) is 5.91 Å². The number of carboxylic acid groups (broad SMARTS) is 1. The molecule has 21 heavy (non-hydrogen) atoms. The van der Waals surface area contributed by atoms with E-state index in [0.29, 0.717) is 5.56 Å². The van der Waals surface area contributed by atoms with E-state index >= 15 is 0 Å². The number of hydrogen-bond acceptors (Lipinski definition) is 3. The van der Waals surface area contributed by atoms with E-state index in [1.165, 1.54) is 4.90 Å². The standard InChI is InChI=1S/C15H21N3O3/c1-14(2,3)18(13(20)21)15(8-9-15)11-6-4-10(5-7-11)12(19)17-16/h4-7H,8-9,16H2,1-3H3,(H,17,19)(H,20,21). The van der Waals surface area contributed by atoms with Crippen LogP contribution in [0.15, 0.2) is 24.3 Å². The van der Waals surface area contributed by atoms with Crippen molar-refractivity contribution in [1.82, 2.24) is 10.3 Å². The number of hydrazine groups is 1. The first kappa shape index (κ1) is 15.3. The Morgan fingerprint density at radius 2 is 1.76 bits per heavy atom. The lowest BCUT2D eigenvalue weighted by atomic mass is 9.95. The quantitative estimate of drug-likeness (QED) is 0.451. The van der Waals surface area contributed by atoms with Crippen LogP contribution in [0.2, 0.25) is 0 Å². The van der Waals surface area contributed by atoms with Crippen molar-refractivity contribution >= 4 is 12.0 Å². The van der Waals surface area contributed by atoms with Crippen molar-refractivity contribution in [2.75, 3.05) is 0 Å². The topological polar surface area (TPSA) is 95.7 Å². The van der Waals surface area contributed by atoms with E-state index in [9.17, 15) is 14.7 Å². The largest absolute Gasteiger partial charge is 0.465 e. The molecule has 0 heterocycles. The maximum Gasteiger partial charge on any atom is 0.408 e. The maximum atomic E-state index is 11.7. The summed E-state index contributed by atoms with van der Waals surface area (Å²) in [5, 5.41) is 9.57. The van der Waals surface area contributed by atoms with Gasteiger partial charge in [-0.05, 0) is 51.3 Å². The van der Waals surface area contributed by atoms with Crippen molar-refractivity contribution in [2.45, 2.75) is 44.7 Å². The van der Waals surface area contributed by atoms with Gasteiger partial charge in [-0.2, -0.15) is 0 Å². The first-order valence-electron chi connectivity index (χ1n) is 6.87. The molecule has 0 saturated heterocycles. The third-order valence-corrected chi connectivity index (χ3v) is 3.83. The minimum atomic E-state index is -0.927. The van der Waals surface area contributed by atoms with Crippen molar-refractivity contribution < 1.29 is 14.7 Å². The zero-order valence-electron chi connectivity index (χ0n) is 12.5. The lowest BCUT2D eigenvalue weighted by Crippen LogP contribution is -2.51. The summed E-state index contributed by atoms with van der Waals surface area (Å²) >= 11 is 0. The normalized spacial score (nSPS) is 16.2. The van der Waals surface area contributed by atoms with Gasteiger partial charge in [0.2, 0.25) is 0 Å². The molecule has 1 aromatic rings. The first-order chi connectivity index (χ1) is 9.72. The zero-order valence-corrected chi connectivity index (χ0v) is 12.5. The highest BCUT2D eigenvalue weighted by Crippen LogP contribution is 2.53. The Morgan fingerprint density at radius 3 is 2.10 bits per heavy atom. The van der Waals surface area contributed by atoms with Crippen LogP contribution in [0.3, 0.4) is 0 Å². The van der Waals surface area contributed by atoms with Gasteiger partial charge < -0.3 is 5.11 Å². The van der Waals surface area contributed by atoms with Crippen LogP contribution in [0.25, 0.3) is 0 Å². The fourth-order valence-electron chi connectivity index (χ4n) is 2.89. The summed E-state index contributed by atoms with van der Waals surface area (Å²) in [5.74, 6) is 4.74. The number of nitrogens with one attached hydrogen (secondary N) is 1. The average Bonchev–Trinajstić information content (AvgIpc) is 3.17. The molecular formula is C15H21N3O3. The molecule has 0 bridgehead atoms. The molecular weight excluding hydrogens is 270 g/mol. The molecule has 4 N–H and O–H groups in total. The van der Waals surface area contributed by atoms with Crippen LogP contribution in [0.4, 0.5) is 4.79 Å². The number of nitrogens with zero attached hydrogens (tertiary/aromatic N) is 1. The second-order valence-corrected chi connectivity index (χ2v) is 6.37. The molecule has 0 unspecified atom stereocenters. The van der Waals surface area contributed by atoms with Gasteiger partial charge in [0.15, 0.2) is 0 Å². The van der Waals surface area contributed by atoms with Crippen LogP contribution in [0.1, 0.15) is 49.5 Å². The molecule has 0 aliphatic heterocycles. The summed E-state index contributed by atoms with van der Waals surface area (Å²) in [6, 6.07) is 6.94. The fraction of sp³-hybridized carbons (Fsp3) is 0.467. The Kier molecular flexibility index (Phi) is 3.67. The van der Waals surface area contributed by atoms with Crippen LogP contribution < -0.4 is 11.3 Å². The van der Waals surface area contributed by atoms with Crippen molar-refractivity contribution in [3.63, 3.8) is 0 Å². The Labute approximate surface area is 123 Å². The van der Waals surface area contributed by atoms with Crippen LogP contribution in [0.5, 0.6) is 0 Å². The van der Waals surface area contributed by atoms with Crippen LogP contribution >= 0.6 is 0 Å². The smallest absolute Gasteiger partial charge is 0.408 e. The van der Waals surface area contributed by atoms with Gasteiger partial charge in [-0.1, -0.05) is 12.1 Å². The Bertz CT molecular complexity index is 557. The molecule has 0 atom stereocenters. The van der Waals surface area contributed by atoms with Gasteiger partial charge in [0.1, 0.15) is 0 Å². The molecule has 0 spiro atoms. The summed E-state index contributed by atoms with van der Waals surface area (Å²) in [6.07, 6.45) is 0.654. The van der Waals surface area contributed by atoms with Crippen LogP contribution in [0, 0.1) is 0 Å². The zero-order chi connectivity index (χ0) is 15.8. The van der Waals surface area contributed by atoms with Crippen molar-refractivity contribution in [3.05, 3.63) is 35.4 Å². The highest BCUT2D eigenvalue weighted by atomic mass is 16.4. The number of carbonyl (C=O) groups excluding carboxylic acids is 1. The van der Waals surface area contributed by atoms with Crippen molar-refractivity contribution in [1.29, 1.82) is 0 Å². The third kappa shape index (κ3) is 2.71. The molecule has 0 radical (unpaired) electrons. The lowest BCUT2D eigenvalue weighted by Gasteiger charge is -2.40. The van der Waals surface area contributed by atoms with Gasteiger partial charge in [-0.25, -0.2) is 10.6 Å². The predicted molar refractivity (Wildman–Crippen MR) is 78.6 cm³/mol. The second-order valence-electron chi connectivity index (χ2n) is 6.37. The fourth-order valence-corrected chi connectivity index (χ4v) is 2.89. The minimum absolute atomic E-state index is 0.364. The molecule has 6 heteroatoms. The molecule has 1 aromatic carbocycles. The van der Waals surface area contributed by atoms with Gasteiger partial charge in [-0.15, -0.1) is 0 Å². The molecule has 2 rings (SSSR count). The van der Waals surface area contributed by atoms with Crippen LogP contribution in [-0.2, 0) is 5.54 Å². The molecule has 0 aromatic heterocycles. The molecule has 1 aliphatic rings. The third-order valence-electron chi connectivity index (χ3n) is 3.83. The summed E-state index contributed by atoms with van der Waals surface area (Å²) in [5.41, 5.74) is 2.47. The predicted octanol–water partition coefficient (Wildman–Crippen LogP) is 2.06. The average molecular weight is 291 g/mol.